The number of hydrogen-bond donors (Lipinski definition) is 0. The normalized spacial score (nSPS) is 14.9. The highest BCUT2D eigenvalue weighted by Gasteiger charge is 2.46. The van der Waals surface area contributed by atoms with Crippen LogP contribution in [0.1, 0.15) is 5.48 Å². The third kappa shape index (κ3) is 2.83. The van der Waals surface area contributed by atoms with E-state index in [1.807, 2.05) is 24.3 Å². The van der Waals surface area contributed by atoms with E-state index in [2.05, 4.69) is 88.7 Å². The lowest BCUT2D eigenvalue weighted by Gasteiger charge is -2.42. The number of furan rings is 1. The maximum atomic E-state index is 8.96. The molecule has 2 aromatic heterocycles. The molecule has 39 heavy (non-hydrogen) atoms. The summed E-state index contributed by atoms with van der Waals surface area (Å²) >= 11 is 1.29. The average molecular weight is 520 g/mol. The van der Waals surface area contributed by atoms with Crippen LogP contribution in [0, 0.1) is 0 Å². The van der Waals surface area contributed by atoms with Gasteiger partial charge in [0.15, 0.2) is 4.90 Å². The molecule has 0 saturated heterocycles. The maximum absolute atomic E-state index is 8.96. The molecule has 0 amide bonds. The Hall–Kier alpha value is -4.74. The fourth-order valence-electron chi connectivity index (χ4n) is 6.34. The molecule has 0 saturated carbocycles. The van der Waals surface area contributed by atoms with Gasteiger partial charge in [-0.05, 0) is 59.4 Å². The van der Waals surface area contributed by atoms with E-state index in [-0.39, 0.29) is 30.9 Å². The second-order valence-corrected chi connectivity index (χ2v) is 10.8. The van der Waals surface area contributed by atoms with Gasteiger partial charge in [-0.15, -0.1) is 0 Å². The SMILES string of the molecule is [2H]c1c([2H])c([2H])c2c(sc3oc4c(c32)B2c3ccccc3N(c3ccccc3)c3cccc(c32)N4c2ccccc2)c1[2H]. The first-order chi connectivity index (χ1) is 21.0. The van der Waals surface area contributed by atoms with Crippen LogP contribution in [0.15, 0.2) is 132 Å². The minimum absolute atomic E-state index is 0.0303. The lowest BCUT2D eigenvalue weighted by Crippen LogP contribution is -2.61. The molecule has 3 nitrogen and oxygen atoms in total. The van der Waals surface area contributed by atoms with E-state index in [0.717, 1.165) is 50.2 Å². The van der Waals surface area contributed by atoms with Crippen molar-refractivity contribution in [1.29, 1.82) is 0 Å². The van der Waals surface area contributed by atoms with Gasteiger partial charge in [0.05, 0.1) is 5.48 Å². The van der Waals surface area contributed by atoms with Crippen LogP contribution in [-0.4, -0.2) is 6.71 Å². The highest BCUT2D eigenvalue weighted by molar-refractivity contribution is 7.25. The van der Waals surface area contributed by atoms with E-state index >= 15 is 0 Å². The average Bonchev–Trinajstić information content (AvgIpc) is 3.60. The van der Waals surface area contributed by atoms with Crippen molar-refractivity contribution in [2.75, 3.05) is 9.80 Å². The van der Waals surface area contributed by atoms with Crippen LogP contribution in [0.5, 0.6) is 0 Å². The summed E-state index contributed by atoms with van der Waals surface area (Å²) in [6, 6.07) is 34.8. The predicted molar refractivity (Wildman–Crippen MR) is 166 cm³/mol. The number of anilines is 6. The van der Waals surface area contributed by atoms with Crippen LogP contribution in [-0.2, 0) is 0 Å². The van der Waals surface area contributed by atoms with Crippen molar-refractivity contribution in [2.45, 2.75) is 0 Å². The summed E-state index contributed by atoms with van der Waals surface area (Å²) < 4.78 is 41.7. The van der Waals surface area contributed by atoms with Gasteiger partial charge in [-0.25, -0.2) is 0 Å². The van der Waals surface area contributed by atoms with Gasteiger partial charge in [0.2, 0.25) is 5.88 Å². The summed E-state index contributed by atoms with van der Waals surface area (Å²) in [5.41, 5.74) is 8.33. The number of hydrogen-bond acceptors (Lipinski definition) is 4. The fourth-order valence-corrected chi connectivity index (χ4v) is 7.32. The van der Waals surface area contributed by atoms with E-state index in [9.17, 15) is 0 Å². The third-order valence-electron chi connectivity index (χ3n) is 7.83. The predicted octanol–water partition coefficient (Wildman–Crippen LogP) is 7.73. The number of thiophene rings is 1. The molecule has 4 heterocycles. The van der Waals surface area contributed by atoms with E-state index in [1.165, 1.54) is 11.3 Å². The minimum atomic E-state index is -0.233. The quantitative estimate of drug-likeness (QED) is 0.218. The Balaban J connectivity index is 1.46. The molecule has 0 radical (unpaired) electrons. The minimum Gasteiger partial charge on any atom is -0.430 e. The first-order valence-electron chi connectivity index (χ1n) is 14.9. The van der Waals surface area contributed by atoms with Gasteiger partial charge in [-0.1, -0.05) is 90.1 Å². The first kappa shape index (κ1) is 17.7. The van der Waals surface area contributed by atoms with E-state index in [4.69, 9.17) is 9.90 Å². The zero-order valence-electron chi connectivity index (χ0n) is 24.6. The van der Waals surface area contributed by atoms with Crippen LogP contribution >= 0.6 is 11.3 Å². The Kier molecular flexibility index (Phi) is 3.58. The zero-order chi connectivity index (χ0) is 29.0. The monoisotopic (exact) mass is 520 g/mol. The van der Waals surface area contributed by atoms with Gasteiger partial charge < -0.3 is 9.32 Å². The highest BCUT2D eigenvalue weighted by Crippen LogP contribution is 2.47. The smallest absolute Gasteiger partial charge is 0.257 e. The van der Waals surface area contributed by atoms with Gasteiger partial charge in [-0.3, -0.25) is 4.90 Å². The molecule has 5 aromatic carbocycles. The molecule has 9 rings (SSSR count). The van der Waals surface area contributed by atoms with Gasteiger partial charge >= 0.3 is 0 Å². The summed E-state index contributed by atoms with van der Waals surface area (Å²) in [5, 5.41) is 1.28. The molecule has 5 heteroatoms. The Morgan fingerprint density at radius 3 is 2.08 bits per heavy atom. The van der Waals surface area contributed by atoms with Crippen molar-refractivity contribution >= 4 is 89.1 Å². The van der Waals surface area contributed by atoms with Gasteiger partial charge in [0.1, 0.15) is 0 Å². The molecular weight excluding hydrogens is 495 g/mol. The summed E-state index contributed by atoms with van der Waals surface area (Å²) in [5.74, 6) is 0.680. The van der Waals surface area contributed by atoms with Crippen molar-refractivity contribution in [3.63, 3.8) is 0 Å². The van der Waals surface area contributed by atoms with Gasteiger partial charge in [-0.2, -0.15) is 0 Å². The molecule has 0 fully saturated rings. The Morgan fingerprint density at radius 1 is 0.641 bits per heavy atom. The van der Waals surface area contributed by atoms with E-state index < -0.39 is 0 Å². The Labute approximate surface area is 235 Å². The van der Waals surface area contributed by atoms with Crippen LogP contribution in [0.3, 0.4) is 0 Å². The molecule has 7 aromatic rings. The number of para-hydroxylation sites is 3. The molecule has 0 spiro atoms. The second kappa shape index (κ2) is 7.89. The zero-order valence-corrected chi connectivity index (χ0v) is 21.4. The van der Waals surface area contributed by atoms with Crippen molar-refractivity contribution in [3.05, 3.63) is 127 Å². The van der Waals surface area contributed by atoms with E-state index in [1.54, 1.807) is 0 Å². The summed E-state index contributed by atoms with van der Waals surface area (Å²) in [7, 11) is 0. The van der Waals surface area contributed by atoms with Crippen molar-refractivity contribution in [2.24, 2.45) is 0 Å². The number of rotatable bonds is 2. The fraction of sp³-hybridized carbons (Fsp3) is 0. The number of benzene rings is 5. The van der Waals surface area contributed by atoms with Crippen LogP contribution in [0.2, 0.25) is 0 Å². The van der Waals surface area contributed by atoms with Crippen LogP contribution in [0.4, 0.5) is 34.3 Å². The standard InChI is InChI=1S/C34H21BN2OS/c1-3-12-22(13-4-1)36-26-18-9-8-17-25(26)35-31-27(36)19-11-20-28(31)37(23-14-5-2-6-15-23)33-32(35)30-24-16-7-10-21-29(24)39-34(30)38-33/h1-21H/i7D,10D,16D,21D. The highest BCUT2D eigenvalue weighted by atomic mass is 32.1. The van der Waals surface area contributed by atoms with Gasteiger partial charge in [0.25, 0.3) is 6.71 Å². The summed E-state index contributed by atoms with van der Waals surface area (Å²) in [6.07, 6.45) is 0. The molecule has 2 aliphatic rings. The molecule has 0 N–H and O–H groups in total. The number of fused-ring (bicyclic) bond motifs is 8. The molecule has 0 unspecified atom stereocenters. The van der Waals surface area contributed by atoms with Crippen molar-refractivity contribution in [3.8, 4) is 0 Å². The largest absolute Gasteiger partial charge is 0.430 e. The lowest BCUT2D eigenvalue weighted by atomic mass is 9.33. The number of nitrogens with zero attached hydrogens (tertiary/aromatic N) is 2. The molecule has 2 aliphatic heterocycles. The lowest BCUT2D eigenvalue weighted by molar-refractivity contribution is 0.630. The maximum Gasteiger partial charge on any atom is 0.257 e. The second-order valence-electron chi connectivity index (χ2n) is 9.83. The first-order valence-corrected chi connectivity index (χ1v) is 13.7. The summed E-state index contributed by atoms with van der Waals surface area (Å²) in [6.45, 7) is -0.213. The van der Waals surface area contributed by atoms with E-state index in [0.29, 0.717) is 20.9 Å². The summed E-state index contributed by atoms with van der Waals surface area (Å²) in [4.78, 5) is 5.07. The molecule has 0 aliphatic carbocycles. The topological polar surface area (TPSA) is 19.6 Å². The van der Waals surface area contributed by atoms with Crippen molar-refractivity contribution in [1.82, 2.24) is 0 Å². The molecular formula is C34H21BN2OS. The molecule has 0 bridgehead atoms. The van der Waals surface area contributed by atoms with Crippen molar-refractivity contribution < 1.29 is 9.90 Å². The molecule has 182 valence electrons. The molecule has 0 atom stereocenters. The van der Waals surface area contributed by atoms with Crippen LogP contribution < -0.4 is 26.2 Å². The Morgan fingerprint density at radius 2 is 1.28 bits per heavy atom. The third-order valence-corrected chi connectivity index (χ3v) is 8.81. The Bertz CT molecular complexity index is 2250. The van der Waals surface area contributed by atoms with Crippen LogP contribution in [0.25, 0.3) is 20.4 Å². The van der Waals surface area contributed by atoms with Gasteiger partial charge in [0, 0.05) is 49.4 Å².